The number of furan rings is 1. The number of carboxylic acid groups (broad SMARTS) is 2. The van der Waals surface area contributed by atoms with Crippen LogP contribution in [-0.4, -0.2) is 28.1 Å². The molecule has 0 spiro atoms. The van der Waals surface area contributed by atoms with Gasteiger partial charge in [-0.1, -0.05) is 12.1 Å². The minimum atomic E-state index is -1.17. The van der Waals surface area contributed by atoms with E-state index in [1.54, 1.807) is 12.1 Å². The monoisotopic (exact) mass is 303 g/mol. The molecule has 3 N–H and O–H groups in total. The largest absolute Gasteiger partial charge is 0.481 e. The predicted octanol–water partition coefficient (Wildman–Crippen LogP) is 1.53. The van der Waals surface area contributed by atoms with Crippen LogP contribution < -0.4 is 5.32 Å². The molecule has 114 valence electrons. The van der Waals surface area contributed by atoms with E-state index in [2.05, 4.69) is 5.32 Å². The lowest BCUT2D eigenvalue weighted by atomic mass is 10.1. The fourth-order valence-electron chi connectivity index (χ4n) is 1.81. The van der Waals surface area contributed by atoms with Gasteiger partial charge < -0.3 is 19.9 Å². The van der Waals surface area contributed by atoms with Gasteiger partial charge in [0.05, 0.1) is 13.0 Å². The second-order valence-electron chi connectivity index (χ2n) is 4.52. The Morgan fingerprint density at radius 3 is 2.23 bits per heavy atom. The van der Waals surface area contributed by atoms with Crippen molar-refractivity contribution in [1.82, 2.24) is 5.32 Å². The maximum Gasteiger partial charge on any atom is 0.371 e. The molecule has 1 aromatic heterocycles. The highest BCUT2D eigenvalue weighted by Gasteiger charge is 2.11. The number of carboxylic acids is 2. The van der Waals surface area contributed by atoms with Crippen LogP contribution >= 0.6 is 0 Å². The van der Waals surface area contributed by atoms with E-state index in [1.165, 1.54) is 24.3 Å². The van der Waals surface area contributed by atoms with Crippen molar-refractivity contribution in [1.29, 1.82) is 0 Å². The second kappa shape index (κ2) is 6.57. The Kier molecular flexibility index (Phi) is 4.57. The van der Waals surface area contributed by atoms with Crippen molar-refractivity contribution >= 4 is 17.8 Å². The fourth-order valence-corrected chi connectivity index (χ4v) is 1.81. The highest BCUT2D eigenvalue weighted by molar-refractivity contribution is 5.94. The molecule has 1 heterocycles. The standard InChI is InChI=1S/C15H13NO6/c17-13(18)7-9-1-3-10(4-2-9)14(19)16-8-11-5-6-12(22-11)15(20)21/h1-6H,7-8H2,(H,16,19)(H,17,18)(H,20,21). The van der Waals surface area contributed by atoms with Crippen LogP contribution in [0.1, 0.15) is 32.2 Å². The molecule has 0 bridgehead atoms. The summed E-state index contributed by atoms with van der Waals surface area (Å²) in [6.45, 7) is 0.0585. The van der Waals surface area contributed by atoms with Gasteiger partial charge in [0.2, 0.25) is 5.76 Å². The first kappa shape index (κ1) is 15.3. The highest BCUT2D eigenvalue weighted by atomic mass is 16.4. The van der Waals surface area contributed by atoms with E-state index in [1.807, 2.05) is 0 Å². The number of carbonyl (C=O) groups is 3. The topological polar surface area (TPSA) is 117 Å². The minimum Gasteiger partial charge on any atom is -0.481 e. The summed E-state index contributed by atoms with van der Waals surface area (Å²) in [5.74, 6) is -2.35. The molecular weight excluding hydrogens is 290 g/mol. The van der Waals surface area contributed by atoms with E-state index in [9.17, 15) is 14.4 Å². The van der Waals surface area contributed by atoms with Crippen molar-refractivity contribution < 1.29 is 29.0 Å². The molecule has 0 aliphatic heterocycles. The van der Waals surface area contributed by atoms with Crippen LogP contribution in [0.5, 0.6) is 0 Å². The van der Waals surface area contributed by atoms with Crippen molar-refractivity contribution in [3.05, 3.63) is 59.0 Å². The zero-order valence-corrected chi connectivity index (χ0v) is 11.4. The first-order valence-electron chi connectivity index (χ1n) is 6.36. The third-order valence-corrected chi connectivity index (χ3v) is 2.87. The smallest absolute Gasteiger partial charge is 0.371 e. The minimum absolute atomic E-state index is 0.0585. The van der Waals surface area contributed by atoms with Gasteiger partial charge in [-0.25, -0.2) is 4.79 Å². The molecule has 0 saturated heterocycles. The number of hydrogen-bond donors (Lipinski definition) is 3. The summed E-state index contributed by atoms with van der Waals surface area (Å²) in [5.41, 5.74) is 0.973. The lowest BCUT2D eigenvalue weighted by molar-refractivity contribution is -0.136. The molecule has 1 amide bonds. The van der Waals surface area contributed by atoms with E-state index in [4.69, 9.17) is 14.6 Å². The summed E-state index contributed by atoms with van der Waals surface area (Å²) in [6.07, 6.45) is -0.105. The molecule has 0 radical (unpaired) electrons. The number of carbonyl (C=O) groups excluding carboxylic acids is 1. The number of aromatic carboxylic acids is 1. The number of aliphatic carboxylic acids is 1. The van der Waals surface area contributed by atoms with Crippen LogP contribution in [-0.2, 0) is 17.8 Å². The zero-order valence-electron chi connectivity index (χ0n) is 11.4. The molecule has 2 aromatic rings. The van der Waals surface area contributed by atoms with Gasteiger partial charge in [0.1, 0.15) is 5.76 Å². The molecule has 0 unspecified atom stereocenters. The summed E-state index contributed by atoms with van der Waals surface area (Å²) in [4.78, 5) is 33.1. The van der Waals surface area contributed by atoms with E-state index < -0.39 is 11.9 Å². The Balaban J connectivity index is 1.93. The molecule has 0 saturated carbocycles. The third-order valence-electron chi connectivity index (χ3n) is 2.87. The maximum atomic E-state index is 11.9. The molecule has 0 atom stereocenters. The SMILES string of the molecule is O=C(O)Cc1ccc(C(=O)NCc2ccc(C(=O)O)o2)cc1. The van der Waals surface area contributed by atoms with Gasteiger partial charge in [-0.15, -0.1) is 0 Å². The van der Waals surface area contributed by atoms with E-state index in [-0.39, 0.29) is 24.6 Å². The molecular formula is C15H13NO6. The Morgan fingerprint density at radius 1 is 1.00 bits per heavy atom. The summed E-state index contributed by atoms with van der Waals surface area (Å²) in [5, 5.41) is 20.0. The average Bonchev–Trinajstić information content (AvgIpc) is 2.94. The fraction of sp³-hybridized carbons (Fsp3) is 0.133. The van der Waals surface area contributed by atoms with E-state index in [0.717, 1.165) is 0 Å². The molecule has 2 rings (SSSR count). The van der Waals surface area contributed by atoms with Crippen molar-refractivity contribution in [3.63, 3.8) is 0 Å². The van der Waals surface area contributed by atoms with Gasteiger partial charge in [0, 0.05) is 5.56 Å². The van der Waals surface area contributed by atoms with Crippen molar-refractivity contribution in [2.45, 2.75) is 13.0 Å². The van der Waals surface area contributed by atoms with Crippen LogP contribution in [0.4, 0.5) is 0 Å². The summed E-state index contributed by atoms with van der Waals surface area (Å²) in [7, 11) is 0. The predicted molar refractivity (Wildman–Crippen MR) is 74.6 cm³/mol. The van der Waals surface area contributed by atoms with Crippen LogP contribution in [0, 0.1) is 0 Å². The van der Waals surface area contributed by atoms with Crippen LogP contribution in [0.15, 0.2) is 40.8 Å². The third kappa shape index (κ3) is 3.95. The molecule has 22 heavy (non-hydrogen) atoms. The Hall–Kier alpha value is -3.09. The quantitative estimate of drug-likeness (QED) is 0.745. The van der Waals surface area contributed by atoms with Crippen LogP contribution in [0.3, 0.4) is 0 Å². The normalized spacial score (nSPS) is 10.2. The van der Waals surface area contributed by atoms with E-state index >= 15 is 0 Å². The van der Waals surface area contributed by atoms with Crippen LogP contribution in [0.25, 0.3) is 0 Å². The Labute approximate surface area is 125 Å². The Morgan fingerprint density at radius 2 is 1.68 bits per heavy atom. The van der Waals surface area contributed by atoms with Gasteiger partial charge in [-0.3, -0.25) is 9.59 Å². The number of amides is 1. The second-order valence-corrected chi connectivity index (χ2v) is 4.52. The lowest BCUT2D eigenvalue weighted by Gasteiger charge is -2.04. The van der Waals surface area contributed by atoms with E-state index in [0.29, 0.717) is 16.9 Å². The molecule has 1 aromatic carbocycles. The van der Waals surface area contributed by atoms with Crippen LogP contribution in [0.2, 0.25) is 0 Å². The van der Waals surface area contributed by atoms with Gasteiger partial charge in [-0.2, -0.15) is 0 Å². The number of nitrogens with one attached hydrogen (secondary N) is 1. The van der Waals surface area contributed by atoms with Crippen molar-refractivity contribution in [3.8, 4) is 0 Å². The van der Waals surface area contributed by atoms with Crippen molar-refractivity contribution in [2.75, 3.05) is 0 Å². The first-order valence-corrected chi connectivity index (χ1v) is 6.36. The van der Waals surface area contributed by atoms with Gasteiger partial charge >= 0.3 is 11.9 Å². The summed E-state index contributed by atoms with van der Waals surface area (Å²) >= 11 is 0. The van der Waals surface area contributed by atoms with Gasteiger partial charge in [-0.05, 0) is 29.8 Å². The first-order chi connectivity index (χ1) is 10.5. The van der Waals surface area contributed by atoms with Gasteiger partial charge in [0.25, 0.3) is 5.91 Å². The highest BCUT2D eigenvalue weighted by Crippen LogP contribution is 2.09. The zero-order chi connectivity index (χ0) is 16.1. The summed E-state index contributed by atoms with van der Waals surface area (Å²) in [6, 6.07) is 8.97. The number of rotatable bonds is 6. The number of benzene rings is 1. The van der Waals surface area contributed by atoms with Crippen molar-refractivity contribution in [2.24, 2.45) is 0 Å². The summed E-state index contributed by atoms with van der Waals surface area (Å²) < 4.78 is 5.01. The molecule has 0 aliphatic carbocycles. The average molecular weight is 303 g/mol. The molecule has 0 fully saturated rings. The molecule has 7 nitrogen and oxygen atoms in total. The number of hydrogen-bond acceptors (Lipinski definition) is 4. The Bertz CT molecular complexity index is 701. The lowest BCUT2D eigenvalue weighted by Crippen LogP contribution is -2.22. The molecule has 0 aliphatic rings. The van der Waals surface area contributed by atoms with Gasteiger partial charge in [0.15, 0.2) is 0 Å². The molecule has 7 heteroatoms. The maximum absolute atomic E-state index is 11.9.